The highest BCUT2D eigenvalue weighted by atomic mass is 32.2. The van der Waals surface area contributed by atoms with Gasteiger partial charge in [0.25, 0.3) is 0 Å². The molecule has 7 heteroatoms. The third-order valence-electron chi connectivity index (χ3n) is 2.76. The molecule has 0 saturated heterocycles. The van der Waals surface area contributed by atoms with E-state index in [1.54, 1.807) is 0 Å². The van der Waals surface area contributed by atoms with E-state index in [-0.39, 0.29) is 17.3 Å². The van der Waals surface area contributed by atoms with Crippen molar-refractivity contribution in [3.8, 4) is 17.6 Å². The Bertz CT molecular complexity index is 774. The number of methoxy groups -OCH3 is 1. The topological polar surface area (TPSA) is 59.3 Å². The lowest BCUT2D eigenvalue weighted by molar-refractivity contribution is -0.131. The number of halogens is 2. The van der Waals surface area contributed by atoms with E-state index in [1.165, 1.54) is 31.4 Å². The lowest BCUT2D eigenvalue weighted by Crippen LogP contribution is -2.11. The molecule has 0 fully saturated rings. The predicted molar refractivity (Wildman–Crippen MR) is 80.4 cm³/mol. The van der Waals surface area contributed by atoms with Crippen LogP contribution in [0.3, 0.4) is 0 Å². The molecular weight excluding hydrogens is 324 g/mol. The first-order valence-electron chi connectivity index (χ1n) is 6.40. The van der Waals surface area contributed by atoms with Crippen LogP contribution < -0.4 is 9.47 Å². The van der Waals surface area contributed by atoms with E-state index in [0.717, 1.165) is 23.9 Å². The van der Waals surface area contributed by atoms with Crippen LogP contribution in [0, 0.1) is 23.0 Å². The number of nitrogens with zero attached hydrogens (tertiary/aromatic N) is 1. The normalized spacial score (nSPS) is 10.0. The smallest absolute Gasteiger partial charge is 0.321 e. The number of carbonyl (C=O) groups excluding carboxylic acids is 1. The van der Waals surface area contributed by atoms with Crippen molar-refractivity contribution < 1.29 is 23.0 Å². The highest BCUT2D eigenvalue weighted by Crippen LogP contribution is 2.28. The van der Waals surface area contributed by atoms with Crippen molar-refractivity contribution in [3.05, 3.63) is 53.6 Å². The first-order chi connectivity index (χ1) is 11.0. The fourth-order valence-corrected chi connectivity index (χ4v) is 2.38. The highest BCUT2D eigenvalue weighted by molar-refractivity contribution is 8.00. The average Bonchev–Trinajstić information content (AvgIpc) is 2.56. The summed E-state index contributed by atoms with van der Waals surface area (Å²) in [5, 5.41) is 8.81. The van der Waals surface area contributed by atoms with Gasteiger partial charge in [-0.05, 0) is 30.3 Å². The van der Waals surface area contributed by atoms with Crippen LogP contribution in [0.1, 0.15) is 5.56 Å². The fourth-order valence-electron chi connectivity index (χ4n) is 1.68. The lowest BCUT2D eigenvalue weighted by Gasteiger charge is -2.09. The summed E-state index contributed by atoms with van der Waals surface area (Å²) in [6.45, 7) is 0. The number of thioether (sulfide) groups is 1. The molecule has 4 nitrogen and oxygen atoms in total. The molecule has 0 aliphatic rings. The van der Waals surface area contributed by atoms with E-state index in [1.807, 2.05) is 6.07 Å². The zero-order valence-electron chi connectivity index (χ0n) is 12.0. The number of hydrogen-bond acceptors (Lipinski definition) is 5. The van der Waals surface area contributed by atoms with Crippen LogP contribution in [0.4, 0.5) is 8.78 Å². The number of carbonyl (C=O) groups is 1. The standard InChI is InChI=1S/C16H11F2NO3S/c1-21-15-6-10(8-19)2-5-14(15)22-16(20)9-23-11-3-4-12(17)13(18)7-11/h2-7H,9H2,1H3. The summed E-state index contributed by atoms with van der Waals surface area (Å²) in [5.41, 5.74) is 0.373. The third-order valence-corrected chi connectivity index (χ3v) is 3.73. The van der Waals surface area contributed by atoms with Crippen LogP contribution in [0.15, 0.2) is 41.3 Å². The largest absolute Gasteiger partial charge is 0.493 e. The third kappa shape index (κ3) is 4.44. The van der Waals surface area contributed by atoms with Gasteiger partial charge in [-0.3, -0.25) is 4.79 Å². The molecule has 23 heavy (non-hydrogen) atoms. The van der Waals surface area contributed by atoms with Gasteiger partial charge in [0.2, 0.25) is 0 Å². The SMILES string of the molecule is COc1cc(C#N)ccc1OC(=O)CSc1ccc(F)c(F)c1. The van der Waals surface area contributed by atoms with Crippen LogP contribution in [-0.2, 0) is 4.79 Å². The Hall–Kier alpha value is -2.59. The van der Waals surface area contributed by atoms with Gasteiger partial charge in [0.1, 0.15) is 0 Å². The van der Waals surface area contributed by atoms with Crippen molar-refractivity contribution in [1.82, 2.24) is 0 Å². The van der Waals surface area contributed by atoms with Crippen molar-refractivity contribution in [2.45, 2.75) is 4.90 Å². The summed E-state index contributed by atoms with van der Waals surface area (Å²) >= 11 is 1.02. The molecule has 0 heterocycles. The number of benzene rings is 2. The second kappa shape index (κ2) is 7.61. The van der Waals surface area contributed by atoms with Gasteiger partial charge in [-0.1, -0.05) is 0 Å². The van der Waals surface area contributed by atoms with Crippen LogP contribution in [0.5, 0.6) is 11.5 Å². The minimum Gasteiger partial charge on any atom is -0.493 e. The molecular formula is C16H11F2NO3S. The van der Waals surface area contributed by atoms with E-state index in [4.69, 9.17) is 14.7 Å². The van der Waals surface area contributed by atoms with Gasteiger partial charge in [0, 0.05) is 11.0 Å². The van der Waals surface area contributed by atoms with Gasteiger partial charge in [-0.15, -0.1) is 11.8 Å². The molecule has 0 unspecified atom stereocenters. The molecule has 0 amide bonds. The Morgan fingerprint density at radius 3 is 2.61 bits per heavy atom. The number of rotatable bonds is 5. The first kappa shape index (κ1) is 16.8. The molecule has 0 radical (unpaired) electrons. The highest BCUT2D eigenvalue weighted by Gasteiger charge is 2.12. The number of hydrogen-bond donors (Lipinski definition) is 0. The zero-order valence-corrected chi connectivity index (χ0v) is 12.8. The van der Waals surface area contributed by atoms with Crippen LogP contribution in [-0.4, -0.2) is 18.8 Å². The van der Waals surface area contributed by atoms with Gasteiger partial charge >= 0.3 is 5.97 Å². The summed E-state index contributed by atoms with van der Waals surface area (Å²) in [6.07, 6.45) is 0. The van der Waals surface area contributed by atoms with Gasteiger partial charge in [0.05, 0.1) is 24.5 Å². The maximum absolute atomic E-state index is 13.1. The average molecular weight is 335 g/mol. The molecule has 2 aromatic carbocycles. The van der Waals surface area contributed by atoms with Crippen molar-refractivity contribution in [2.24, 2.45) is 0 Å². The van der Waals surface area contributed by atoms with Gasteiger partial charge in [-0.2, -0.15) is 5.26 Å². The summed E-state index contributed by atoms with van der Waals surface area (Å²) in [4.78, 5) is 12.2. The molecule has 2 rings (SSSR count). The minimum absolute atomic E-state index is 0.0891. The molecule has 0 aliphatic heterocycles. The van der Waals surface area contributed by atoms with Crippen LogP contribution in [0.2, 0.25) is 0 Å². The summed E-state index contributed by atoms with van der Waals surface area (Å²) in [7, 11) is 1.39. The summed E-state index contributed by atoms with van der Waals surface area (Å²) in [5.74, 6) is -2.15. The van der Waals surface area contributed by atoms with E-state index >= 15 is 0 Å². The molecule has 0 spiro atoms. The Labute approximate surface area is 135 Å². The quantitative estimate of drug-likeness (QED) is 0.475. The van der Waals surface area contributed by atoms with Gasteiger partial charge < -0.3 is 9.47 Å². The molecule has 2 aromatic rings. The number of nitriles is 1. The molecule has 0 atom stereocenters. The number of ether oxygens (including phenoxy) is 2. The molecule has 0 aromatic heterocycles. The van der Waals surface area contributed by atoms with Crippen molar-refractivity contribution in [2.75, 3.05) is 12.9 Å². The molecule has 0 saturated carbocycles. The van der Waals surface area contributed by atoms with E-state index in [9.17, 15) is 13.6 Å². The second-order valence-electron chi connectivity index (χ2n) is 4.32. The predicted octanol–water partition coefficient (Wildman–Crippen LogP) is 3.54. The van der Waals surface area contributed by atoms with Crippen LogP contribution in [0.25, 0.3) is 0 Å². The Balaban J connectivity index is 1.99. The van der Waals surface area contributed by atoms with Crippen LogP contribution >= 0.6 is 11.8 Å². The van der Waals surface area contributed by atoms with Crippen molar-refractivity contribution in [1.29, 1.82) is 5.26 Å². The molecule has 0 aliphatic carbocycles. The molecule has 0 N–H and O–H groups in total. The van der Waals surface area contributed by atoms with Crippen molar-refractivity contribution >= 4 is 17.7 Å². The fraction of sp³-hybridized carbons (Fsp3) is 0.125. The van der Waals surface area contributed by atoms with E-state index in [0.29, 0.717) is 10.5 Å². The molecule has 118 valence electrons. The second-order valence-corrected chi connectivity index (χ2v) is 5.36. The lowest BCUT2D eigenvalue weighted by atomic mass is 10.2. The van der Waals surface area contributed by atoms with E-state index in [2.05, 4.69) is 0 Å². The Morgan fingerprint density at radius 2 is 1.96 bits per heavy atom. The minimum atomic E-state index is -0.975. The monoisotopic (exact) mass is 335 g/mol. The molecule has 0 bridgehead atoms. The zero-order chi connectivity index (χ0) is 16.8. The Morgan fingerprint density at radius 1 is 1.17 bits per heavy atom. The summed E-state index contributed by atoms with van der Waals surface area (Å²) < 4.78 is 36.1. The van der Waals surface area contributed by atoms with Gasteiger partial charge in [-0.25, -0.2) is 8.78 Å². The summed E-state index contributed by atoms with van der Waals surface area (Å²) in [6, 6.07) is 9.72. The maximum atomic E-state index is 13.1. The van der Waals surface area contributed by atoms with Gasteiger partial charge in [0.15, 0.2) is 23.1 Å². The van der Waals surface area contributed by atoms with E-state index < -0.39 is 17.6 Å². The van der Waals surface area contributed by atoms with Crippen molar-refractivity contribution in [3.63, 3.8) is 0 Å². The number of esters is 1. The first-order valence-corrected chi connectivity index (χ1v) is 7.38. The Kier molecular flexibility index (Phi) is 5.55. The maximum Gasteiger partial charge on any atom is 0.321 e.